The summed E-state index contributed by atoms with van der Waals surface area (Å²) in [7, 11) is 0. The molecule has 0 radical (unpaired) electrons. The van der Waals surface area contributed by atoms with E-state index in [1.165, 1.54) is 6.42 Å². The largest absolute Gasteiger partial charge is 0.394 e. The Balaban J connectivity index is 1.91. The predicted molar refractivity (Wildman–Crippen MR) is 68.1 cm³/mol. The first-order valence-corrected chi connectivity index (χ1v) is 6.99. The molecule has 3 unspecified atom stereocenters. The van der Waals surface area contributed by atoms with E-state index in [2.05, 4.69) is 17.6 Å². The maximum absolute atomic E-state index is 9.79. The van der Waals surface area contributed by atoms with Crippen molar-refractivity contribution in [1.82, 2.24) is 10.6 Å². The molecular formula is C13H26N2O2. The van der Waals surface area contributed by atoms with Crippen LogP contribution in [0.3, 0.4) is 0 Å². The molecule has 0 aromatic heterocycles. The van der Waals surface area contributed by atoms with Crippen molar-refractivity contribution < 1.29 is 9.84 Å². The molecule has 17 heavy (non-hydrogen) atoms. The fourth-order valence-corrected chi connectivity index (χ4v) is 3.14. The molecule has 0 aromatic carbocycles. The number of ether oxygens (including phenoxy) is 1. The number of nitrogens with one attached hydrogen (secondary N) is 2. The molecule has 2 heterocycles. The van der Waals surface area contributed by atoms with E-state index in [1.54, 1.807) is 0 Å². The second-order valence-electron chi connectivity index (χ2n) is 5.39. The lowest BCUT2D eigenvalue weighted by atomic mass is 9.77. The molecule has 100 valence electrons. The second-order valence-corrected chi connectivity index (χ2v) is 5.39. The molecule has 2 fully saturated rings. The minimum atomic E-state index is -0.0913. The average Bonchev–Trinajstić information content (AvgIpc) is 2.89. The molecular weight excluding hydrogens is 216 g/mol. The first-order valence-electron chi connectivity index (χ1n) is 6.99. The van der Waals surface area contributed by atoms with E-state index >= 15 is 0 Å². The second kappa shape index (κ2) is 6.14. The van der Waals surface area contributed by atoms with Gasteiger partial charge in [0.2, 0.25) is 0 Å². The van der Waals surface area contributed by atoms with E-state index in [4.69, 9.17) is 4.74 Å². The Morgan fingerprint density at radius 3 is 3.06 bits per heavy atom. The van der Waals surface area contributed by atoms with Crippen molar-refractivity contribution in [2.24, 2.45) is 5.92 Å². The van der Waals surface area contributed by atoms with Crippen molar-refractivity contribution in [2.45, 2.75) is 44.2 Å². The maximum Gasteiger partial charge on any atom is 0.0700 e. The van der Waals surface area contributed by atoms with E-state index in [9.17, 15) is 5.11 Å². The normalized spacial score (nSPS) is 38.5. The first-order chi connectivity index (χ1) is 8.30. The summed E-state index contributed by atoms with van der Waals surface area (Å²) in [5.74, 6) is 0.516. The summed E-state index contributed by atoms with van der Waals surface area (Å²) in [5.41, 5.74) is -0.0913. The molecule has 2 aliphatic rings. The molecule has 0 aliphatic carbocycles. The van der Waals surface area contributed by atoms with E-state index in [0.717, 1.165) is 45.5 Å². The van der Waals surface area contributed by atoms with Crippen LogP contribution in [0.25, 0.3) is 0 Å². The van der Waals surface area contributed by atoms with Gasteiger partial charge in [0.1, 0.15) is 0 Å². The smallest absolute Gasteiger partial charge is 0.0700 e. The van der Waals surface area contributed by atoms with Crippen LogP contribution in [0.5, 0.6) is 0 Å². The minimum absolute atomic E-state index is 0.0913. The van der Waals surface area contributed by atoms with Crippen molar-refractivity contribution in [2.75, 3.05) is 32.8 Å². The molecule has 3 atom stereocenters. The third-order valence-electron chi connectivity index (χ3n) is 4.40. The molecule has 0 aromatic rings. The van der Waals surface area contributed by atoms with E-state index in [-0.39, 0.29) is 12.1 Å². The van der Waals surface area contributed by atoms with Crippen molar-refractivity contribution in [3.05, 3.63) is 0 Å². The summed E-state index contributed by atoms with van der Waals surface area (Å²) >= 11 is 0. The fourth-order valence-electron chi connectivity index (χ4n) is 3.14. The van der Waals surface area contributed by atoms with Gasteiger partial charge in [0.05, 0.1) is 12.7 Å². The van der Waals surface area contributed by atoms with E-state index in [1.807, 2.05) is 0 Å². The highest BCUT2D eigenvalue weighted by Gasteiger charge is 2.39. The summed E-state index contributed by atoms with van der Waals surface area (Å²) in [5, 5.41) is 16.8. The zero-order chi connectivity index (χ0) is 12.1. The summed E-state index contributed by atoms with van der Waals surface area (Å²) in [6.07, 6.45) is 4.80. The van der Waals surface area contributed by atoms with Crippen molar-refractivity contribution in [3.63, 3.8) is 0 Å². The lowest BCUT2D eigenvalue weighted by Crippen LogP contribution is -2.62. The van der Waals surface area contributed by atoms with Gasteiger partial charge in [-0.1, -0.05) is 13.3 Å². The van der Waals surface area contributed by atoms with Gasteiger partial charge in [-0.05, 0) is 38.3 Å². The molecule has 0 spiro atoms. The van der Waals surface area contributed by atoms with Crippen molar-refractivity contribution in [1.29, 1.82) is 0 Å². The van der Waals surface area contributed by atoms with Gasteiger partial charge >= 0.3 is 0 Å². The van der Waals surface area contributed by atoms with Crippen molar-refractivity contribution >= 4 is 0 Å². The molecule has 0 saturated carbocycles. The summed E-state index contributed by atoms with van der Waals surface area (Å²) < 4.78 is 5.64. The van der Waals surface area contributed by atoms with Gasteiger partial charge in [-0.2, -0.15) is 0 Å². The van der Waals surface area contributed by atoms with E-state index in [0.29, 0.717) is 12.0 Å². The molecule has 2 rings (SSSR count). The zero-order valence-corrected chi connectivity index (χ0v) is 10.9. The molecule has 4 nitrogen and oxygen atoms in total. The molecule has 0 bridgehead atoms. The average molecular weight is 242 g/mol. The highest BCUT2D eigenvalue weighted by Crippen LogP contribution is 2.27. The van der Waals surface area contributed by atoms with Crippen LogP contribution in [0.4, 0.5) is 0 Å². The Hall–Kier alpha value is -0.160. The lowest BCUT2D eigenvalue weighted by Gasteiger charge is -2.44. The molecule has 2 saturated heterocycles. The minimum Gasteiger partial charge on any atom is -0.394 e. The van der Waals surface area contributed by atoms with Crippen LogP contribution in [0.1, 0.15) is 32.6 Å². The summed E-state index contributed by atoms with van der Waals surface area (Å²) in [6, 6.07) is 0. The summed E-state index contributed by atoms with van der Waals surface area (Å²) in [6.45, 7) is 6.23. The number of rotatable bonds is 5. The van der Waals surface area contributed by atoms with E-state index < -0.39 is 0 Å². The van der Waals surface area contributed by atoms with Gasteiger partial charge < -0.3 is 20.5 Å². The van der Waals surface area contributed by atoms with Gasteiger partial charge in [0, 0.05) is 18.7 Å². The number of hydrogen-bond donors (Lipinski definition) is 3. The third kappa shape index (κ3) is 2.99. The number of aliphatic hydroxyl groups excluding tert-OH is 1. The van der Waals surface area contributed by atoms with Crippen LogP contribution in [-0.4, -0.2) is 49.6 Å². The predicted octanol–water partition coefficient (Wildman–Crippen LogP) is 0.506. The van der Waals surface area contributed by atoms with Gasteiger partial charge in [-0.25, -0.2) is 0 Å². The van der Waals surface area contributed by atoms with Gasteiger partial charge in [-0.15, -0.1) is 0 Å². The number of hydrogen-bond acceptors (Lipinski definition) is 4. The first kappa shape index (κ1) is 13.3. The Labute approximate surface area is 104 Å². The molecule has 3 N–H and O–H groups in total. The van der Waals surface area contributed by atoms with Crippen LogP contribution < -0.4 is 10.6 Å². The topological polar surface area (TPSA) is 53.5 Å². The quantitative estimate of drug-likeness (QED) is 0.657. The Bertz CT molecular complexity index is 231. The summed E-state index contributed by atoms with van der Waals surface area (Å²) in [4.78, 5) is 0. The van der Waals surface area contributed by atoms with Crippen LogP contribution in [0.2, 0.25) is 0 Å². The highest BCUT2D eigenvalue weighted by atomic mass is 16.5. The molecule has 2 aliphatic heterocycles. The Morgan fingerprint density at radius 2 is 2.41 bits per heavy atom. The van der Waals surface area contributed by atoms with Crippen LogP contribution in [-0.2, 0) is 4.74 Å². The van der Waals surface area contributed by atoms with Gasteiger partial charge in [0.15, 0.2) is 0 Å². The van der Waals surface area contributed by atoms with Crippen molar-refractivity contribution in [3.8, 4) is 0 Å². The Kier molecular flexibility index (Phi) is 4.79. The third-order valence-corrected chi connectivity index (χ3v) is 4.40. The van der Waals surface area contributed by atoms with Crippen LogP contribution in [0, 0.1) is 5.92 Å². The fraction of sp³-hybridized carbons (Fsp3) is 1.00. The lowest BCUT2D eigenvalue weighted by molar-refractivity contribution is 0.0473. The molecule has 4 heteroatoms. The van der Waals surface area contributed by atoms with Gasteiger partial charge in [0.25, 0.3) is 0 Å². The number of piperidine rings is 1. The van der Waals surface area contributed by atoms with Crippen LogP contribution in [0.15, 0.2) is 0 Å². The Morgan fingerprint density at radius 1 is 1.53 bits per heavy atom. The van der Waals surface area contributed by atoms with Gasteiger partial charge in [-0.3, -0.25) is 0 Å². The molecule has 0 amide bonds. The zero-order valence-electron chi connectivity index (χ0n) is 10.9. The monoisotopic (exact) mass is 242 g/mol. The SMILES string of the molecule is CCC1CNCCC1(CO)NCC1CCCO1. The maximum atomic E-state index is 9.79. The highest BCUT2D eigenvalue weighted by molar-refractivity contribution is 4.98. The number of aliphatic hydroxyl groups is 1. The standard InChI is InChI=1S/C13H26N2O2/c1-2-11-8-14-6-5-13(11,10-16)15-9-12-4-3-7-17-12/h11-12,14-16H,2-10H2,1H3. The van der Waals surface area contributed by atoms with Crippen LogP contribution >= 0.6 is 0 Å².